The summed E-state index contributed by atoms with van der Waals surface area (Å²) < 4.78 is 11.3. The molecule has 0 fully saturated rings. The molecule has 0 radical (unpaired) electrons. The normalized spacial score (nSPS) is 11.4. The van der Waals surface area contributed by atoms with Gasteiger partial charge in [0.2, 0.25) is 5.88 Å². The van der Waals surface area contributed by atoms with Crippen LogP contribution in [0.1, 0.15) is 46.9 Å². The van der Waals surface area contributed by atoms with Crippen molar-refractivity contribution in [1.82, 2.24) is 9.97 Å². The van der Waals surface area contributed by atoms with Crippen molar-refractivity contribution in [1.29, 1.82) is 0 Å². The fourth-order valence-electron chi connectivity index (χ4n) is 1.65. The Morgan fingerprint density at radius 2 is 1.90 bits per heavy atom. The van der Waals surface area contributed by atoms with Gasteiger partial charge in [-0.2, -0.15) is 4.98 Å². The second-order valence-corrected chi connectivity index (χ2v) is 5.60. The molecule has 0 amide bonds. The first-order chi connectivity index (χ1) is 9.44. The van der Waals surface area contributed by atoms with Gasteiger partial charge in [0, 0.05) is 19.0 Å². The zero-order valence-electron chi connectivity index (χ0n) is 13.3. The van der Waals surface area contributed by atoms with E-state index in [-0.39, 0.29) is 5.60 Å². The molecule has 1 N–H and O–H groups in total. The van der Waals surface area contributed by atoms with E-state index in [0.29, 0.717) is 19.1 Å². The van der Waals surface area contributed by atoms with Gasteiger partial charge in [0.15, 0.2) is 0 Å². The molecule has 0 saturated heterocycles. The molecule has 1 rings (SSSR count). The lowest BCUT2D eigenvalue weighted by molar-refractivity contribution is -0.0168. The predicted molar refractivity (Wildman–Crippen MR) is 81.4 cm³/mol. The lowest BCUT2D eigenvalue weighted by atomic mass is 10.2. The topological polar surface area (TPSA) is 56.3 Å². The van der Waals surface area contributed by atoms with Gasteiger partial charge in [-0.3, -0.25) is 0 Å². The van der Waals surface area contributed by atoms with E-state index in [0.717, 1.165) is 31.0 Å². The van der Waals surface area contributed by atoms with Crippen molar-refractivity contribution in [3.05, 3.63) is 11.9 Å². The van der Waals surface area contributed by atoms with Gasteiger partial charge in [0.25, 0.3) is 0 Å². The van der Waals surface area contributed by atoms with Crippen molar-refractivity contribution in [2.75, 3.05) is 25.1 Å². The molecule has 0 aliphatic heterocycles. The molecule has 1 aromatic heterocycles. The van der Waals surface area contributed by atoms with Crippen LogP contribution in [0, 0.1) is 0 Å². The second kappa shape index (κ2) is 8.04. The smallest absolute Gasteiger partial charge is 0.218 e. The predicted octanol–water partition coefficient (Wildman–Crippen LogP) is 3.05. The average molecular weight is 281 g/mol. The third kappa shape index (κ3) is 6.70. The Morgan fingerprint density at radius 1 is 1.15 bits per heavy atom. The first kappa shape index (κ1) is 16.7. The molecular weight excluding hydrogens is 254 g/mol. The molecule has 1 heterocycles. The summed E-state index contributed by atoms with van der Waals surface area (Å²) in [4.78, 5) is 8.86. The van der Waals surface area contributed by atoms with E-state index in [1.165, 1.54) is 0 Å². The third-order valence-electron chi connectivity index (χ3n) is 2.45. The van der Waals surface area contributed by atoms with Crippen LogP contribution in [0.2, 0.25) is 0 Å². The summed E-state index contributed by atoms with van der Waals surface area (Å²) in [6.45, 7) is 12.1. The minimum atomic E-state index is -0.142. The summed E-state index contributed by atoms with van der Waals surface area (Å²) in [5, 5.41) is 3.20. The Hall–Kier alpha value is -1.36. The average Bonchev–Trinajstić information content (AvgIpc) is 2.34. The molecule has 0 spiro atoms. The van der Waals surface area contributed by atoms with Crippen molar-refractivity contribution < 1.29 is 9.47 Å². The summed E-state index contributed by atoms with van der Waals surface area (Å²) >= 11 is 0. The highest BCUT2D eigenvalue weighted by molar-refractivity contribution is 5.38. The van der Waals surface area contributed by atoms with Crippen molar-refractivity contribution >= 4 is 5.82 Å². The molecule has 0 bridgehead atoms. The Bertz CT molecular complexity index is 378. The highest BCUT2D eigenvalue weighted by atomic mass is 16.5. The van der Waals surface area contributed by atoms with Crippen LogP contribution in [0.25, 0.3) is 0 Å². The van der Waals surface area contributed by atoms with Crippen molar-refractivity contribution in [2.45, 2.75) is 53.1 Å². The van der Waals surface area contributed by atoms with Gasteiger partial charge in [-0.1, -0.05) is 6.92 Å². The fraction of sp³-hybridized carbons (Fsp3) is 0.733. The molecule has 5 heteroatoms. The number of ether oxygens (including phenoxy) is 2. The van der Waals surface area contributed by atoms with Gasteiger partial charge in [0.1, 0.15) is 18.2 Å². The van der Waals surface area contributed by atoms with E-state index < -0.39 is 0 Å². The number of rotatable bonds is 8. The second-order valence-electron chi connectivity index (χ2n) is 5.60. The van der Waals surface area contributed by atoms with E-state index in [1.807, 2.05) is 33.8 Å². The number of hydrogen-bond donors (Lipinski definition) is 1. The van der Waals surface area contributed by atoms with Gasteiger partial charge in [-0.15, -0.1) is 0 Å². The summed E-state index contributed by atoms with van der Waals surface area (Å²) in [6.07, 6.45) is 1.87. The Kier molecular flexibility index (Phi) is 6.71. The van der Waals surface area contributed by atoms with Crippen molar-refractivity contribution in [3.8, 4) is 5.88 Å². The number of hydrogen-bond acceptors (Lipinski definition) is 5. The molecule has 20 heavy (non-hydrogen) atoms. The SMILES string of the molecule is CCCc1nc(NCC)cc(OCCOC(C)(C)C)n1. The summed E-state index contributed by atoms with van der Waals surface area (Å²) in [5.41, 5.74) is -0.142. The Morgan fingerprint density at radius 3 is 2.50 bits per heavy atom. The van der Waals surface area contributed by atoms with E-state index in [2.05, 4.69) is 22.2 Å². The van der Waals surface area contributed by atoms with E-state index in [1.54, 1.807) is 0 Å². The van der Waals surface area contributed by atoms with Crippen LogP contribution < -0.4 is 10.1 Å². The first-order valence-corrected chi connectivity index (χ1v) is 7.33. The maximum Gasteiger partial charge on any atom is 0.218 e. The molecule has 0 unspecified atom stereocenters. The van der Waals surface area contributed by atoms with Crippen LogP contribution in [0.3, 0.4) is 0 Å². The molecule has 0 aliphatic rings. The standard InChI is InChI=1S/C15H27N3O2/c1-6-8-12-17-13(16-7-2)11-14(18-12)19-9-10-20-15(3,4)5/h11H,6-10H2,1-5H3,(H,16,17,18). The van der Waals surface area contributed by atoms with Gasteiger partial charge < -0.3 is 14.8 Å². The van der Waals surface area contributed by atoms with Crippen LogP contribution in [0.4, 0.5) is 5.82 Å². The minimum Gasteiger partial charge on any atom is -0.475 e. The van der Waals surface area contributed by atoms with Crippen LogP contribution in [0.15, 0.2) is 6.07 Å². The van der Waals surface area contributed by atoms with Crippen LogP contribution in [0.5, 0.6) is 5.88 Å². The summed E-state index contributed by atoms with van der Waals surface area (Å²) in [5.74, 6) is 2.24. The first-order valence-electron chi connectivity index (χ1n) is 7.33. The molecule has 0 aromatic carbocycles. The van der Waals surface area contributed by atoms with Gasteiger partial charge >= 0.3 is 0 Å². The van der Waals surface area contributed by atoms with Crippen molar-refractivity contribution in [3.63, 3.8) is 0 Å². The number of nitrogens with zero attached hydrogens (tertiary/aromatic N) is 2. The quantitative estimate of drug-likeness (QED) is 0.742. The van der Waals surface area contributed by atoms with Crippen molar-refractivity contribution in [2.24, 2.45) is 0 Å². The molecule has 0 saturated carbocycles. The van der Waals surface area contributed by atoms with E-state index in [9.17, 15) is 0 Å². The number of nitrogens with one attached hydrogen (secondary N) is 1. The molecular formula is C15H27N3O2. The zero-order chi connectivity index (χ0) is 15.0. The van der Waals surface area contributed by atoms with E-state index >= 15 is 0 Å². The maximum atomic E-state index is 5.66. The van der Waals surface area contributed by atoms with Crippen LogP contribution in [-0.4, -0.2) is 35.3 Å². The Balaban J connectivity index is 2.58. The molecule has 0 atom stereocenters. The summed E-state index contributed by atoms with van der Waals surface area (Å²) in [7, 11) is 0. The minimum absolute atomic E-state index is 0.142. The van der Waals surface area contributed by atoms with Gasteiger partial charge in [0.05, 0.1) is 12.2 Å². The lowest BCUT2D eigenvalue weighted by Crippen LogP contribution is -2.22. The maximum absolute atomic E-state index is 5.66. The molecule has 0 aliphatic carbocycles. The highest BCUT2D eigenvalue weighted by Crippen LogP contribution is 2.15. The highest BCUT2D eigenvalue weighted by Gasteiger charge is 2.10. The number of aromatic nitrogens is 2. The molecule has 114 valence electrons. The lowest BCUT2D eigenvalue weighted by Gasteiger charge is -2.19. The van der Waals surface area contributed by atoms with Crippen LogP contribution >= 0.6 is 0 Å². The number of aryl methyl sites for hydroxylation is 1. The largest absolute Gasteiger partial charge is 0.475 e. The monoisotopic (exact) mass is 281 g/mol. The van der Waals surface area contributed by atoms with Gasteiger partial charge in [-0.25, -0.2) is 4.98 Å². The number of anilines is 1. The molecule has 5 nitrogen and oxygen atoms in total. The molecule has 1 aromatic rings. The fourth-order valence-corrected chi connectivity index (χ4v) is 1.65. The third-order valence-corrected chi connectivity index (χ3v) is 2.45. The van der Waals surface area contributed by atoms with Crippen LogP contribution in [-0.2, 0) is 11.2 Å². The zero-order valence-corrected chi connectivity index (χ0v) is 13.3. The van der Waals surface area contributed by atoms with Gasteiger partial charge in [-0.05, 0) is 34.1 Å². The Labute approximate surface area is 122 Å². The van der Waals surface area contributed by atoms with E-state index in [4.69, 9.17) is 9.47 Å². The summed E-state index contributed by atoms with van der Waals surface area (Å²) in [6, 6.07) is 1.83.